The molecule has 0 radical (unpaired) electrons. The van der Waals surface area contributed by atoms with Gasteiger partial charge < -0.3 is 0 Å². The number of Topliss-reactive ketones (excluding diaryl/α,β-unsaturated/α-hetero) is 1. The second kappa shape index (κ2) is 6.17. The fraction of sp³-hybridized carbons (Fsp3) is 0.480. The maximum atomic E-state index is 13.9. The van der Waals surface area contributed by atoms with Crippen LogP contribution < -0.4 is 0 Å². The molecule has 0 heterocycles. The molecule has 0 aliphatic heterocycles. The maximum Gasteiger partial charge on any atom is 0.146 e. The van der Waals surface area contributed by atoms with Gasteiger partial charge in [0.2, 0.25) is 0 Å². The second-order valence-electron chi connectivity index (χ2n) is 10.5. The third-order valence-corrected chi connectivity index (χ3v) is 9.09. The van der Waals surface area contributed by atoms with Gasteiger partial charge in [-0.3, -0.25) is 4.79 Å². The molecule has 2 aromatic rings. The Morgan fingerprint density at radius 1 is 0.852 bits per heavy atom. The van der Waals surface area contributed by atoms with Crippen molar-refractivity contribution in [3.8, 4) is 0 Å². The van der Waals surface area contributed by atoms with Gasteiger partial charge >= 0.3 is 0 Å². The summed E-state index contributed by atoms with van der Waals surface area (Å²) in [5.74, 6) is 1.57. The van der Waals surface area contributed by atoms with Gasteiger partial charge in [0.15, 0.2) is 0 Å². The number of rotatable bonds is 4. The normalized spacial score (nSPS) is 35.6. The van der Waals surface area contributed by atoms with Gasteiger partial charge in [-0.1, -0.05) is 100 Å². The minimum absolute atomic E-state index is 0.249. The van der Waals surface area contributed by atoms with E-state index in [2.05, 4.69) is 94.2 Å². The number of ketones is 1. The third-order valence-electron chi connectivity index (χ3n) is 7.37. The monoisotopic (exact) mass is 376 g/mol. The minimum atomic E-state index is -1.25. The molecule has 5 atom stereocenters. The molecule has 2 aliphatic carbocycles. The van der Waals surface area contributed by atoms with Crippen LogP contribution in [0.15, 0.2) is 60.7 Å². The average Bonchev–Trinajstić information content (AvgIpc) is 2.92. The summed E-state index contributed by atoms with van der Waals surface area (Å²) in [6.07, 6.45) is 1.05. The molecular weight excluding hydrogens is 344 g/mol. The van der Waals surface area contributed by atoms with Crippen molar-refractivity contribution in [1.29, 1.82) is 0 Å². The van der Waals surface area contributed by atoms with Crippen LogP contribution in [0, 0.1) is 16.7 Å². The van der Waals surface area contributed by atoms with Crippen LogP contribution in [0.1, 0.15) is 43.2 Å². The summed E-state index contributed by atoms with van der Waals surface area (Å²) in [5, 5.41) is 0. The Morgan fingerprint density at radius 3 is 1.81 bits per heavy atom. The first kappa shape index (κ1) is 18.7. The molecule has 0 saturated heterocycles. The lowest BCUT2D eigenvalue weighted by Gasteiger charge is -2.45. The van der Waals surface area contributed by atoms with E-state index in [-0.39, 0.29) is 22.7 Å². The Kier molecular flexibility index (Phi) is 4.27. The van der Waals surface area contributed by atoms with Crippen LogP contribution in [0.25, 0.3) is 0 Å². The summed E-state index contributed by atoms with van der Waals surface area (Å²) in [4.78, 5) is 13.9. The van der Waals surface area contributed by atoms with Crippen molar-refractivity contribution in [3.05, 3.63) is 71.8 Å². The number of carbonyl (C=O) groups excluding carboxylic acids is 1. The average molecular weight is 377 g/mol. The highest BCUT2D eigenvalue weighted by Gasteiger charge is 2.72. The maximum absolute atomic E-state index is 13.9. The highest BCUT2D eigenvalue weighted by Crippen LogP contribution is 2.73. The summed E-state index contributed by atoms with van der Waals surface area (Å²) < 4.78 is 0. The minimum Gasteiger partial charge on any atom is -0.298 e. The Balaban J connectivity index is 1.89. The van der Waals surface area contributed by atoms with Crippen molar-refractivity contribution < 1.29 is 4.79 Å². The lowest BCUT2D eigenvalue weighted by molar-refractivity contribution is -0.129. The van der Waals surface area contributed by atoms with Gasteiger partial charge in [0, 0.05) is 30.7 Å². The van der Waals surface area contributed by atoms with E-state index in [9.17, 15) is 4.79 Å². The molecular formula is C25H32OSi. The molecule has 0 aromatic heterocycles. The second-order valence-corrected chi connectivity index (χ2v) is 16.0. The van der Waals surface area contributed by atoms with E-state index in [1.165, 1.54) is 17.2 Å². The number of hydrogen-bond acceptors (Lipinski definition) is 1. The van der Waals surface area contributed by atoms with Crippen LogP contribution in [0.2, 0.25) is 25.7 Å². The lowest BCUT2D eigenvalue weighted by Crippen LogP contribution is -2.39. The predicted molar refractivity (Wildman–Crippen MR) is 116 cm³/mol. The van der Waals surface area contributed by atoms with E-state index < -0.39 is 8.07 Å². The highest BCUT2D eigenvalue weighted by atomic mass is 28.3. The van der Waals surface area contributed by atoms with E-state index in [1.807, 2.05) is 0 Å². The number of fused-ring (bicyclic) bond motifs is 2. The lowest BCUT2D eigenvalue weighted by atomic mass is 9.59. The zero-order valence-electron chi connectivity index (χ0n) is 17.3. The van der Waals surface area contributed by atoms with Crippen molar-refractivity contribution in [3.63, 3.8) is 0 Å². The molecule has 27 heavy (non-hydrogen) atoms. The largest absolute Gasteiger partial charge is 0.298 e. The van der Waals surface area contributed by atoms with Gasteiger partial charge in [0.1, 0.15) is 5.78 Å². The molecule has 0 N–H and O–H groups in total. The van der Waals surface area contributed by atoms with Crippen LogP contribution in [0.4, 0.5) is 0 Å². The Hall–Kier alpha value is -1.67. The fourth-order valence-corrected chi connectivity index (χ4v) is 8.48. The molecule has 0 spiro atoms. The molecule has 2 aliphatic rings. The Bertz CT molecular complexity index is 838. The van der Waals surface area contributed by atoms with Crippen molar-refractivity contribution >= 4 is 13.9 Å². The molecule has 2 heteroatoms. The van der Waals surface area contributed by atoms with E-state index in [0.29, 0.717) is 11.7 Å². The van der Waals surface area contributed by atoms with Crippen molar-refractivity contribution in [2.45, 2.75) is 57.8 Å². The van der Waals surface area contributed by atoms with Crippen molar-refractivity contribution in [2.24, 2.45) is 16.7 Å². The Labute approximate surface area is 165 Å². The van der Waals surface area contributed by atoms with Crippen molar-refractivity contribution in [1.82, 2.24) is 0 Å². The molecule has 1 nitrogen and oxygen atoms in total. The first-order valence-electron chi connectivity index (χ1n) is 10.3. The van der Waals surface area contributed by atoms with Crippen LogP contribution >= 0.6 is 0 Å². The predicted octanol–water partition coefficient (Wildman–Crippen LogP) is 6.51. The first-order chi connectivity index (χ1) is 12.7. The van der Waals surface area contributed by atoms with Crippen LogP contribution in [0.5, 0.6) is 0 Å². The van der Waals surface area contributed by atoms with Gasteiger partial charge in [-0.25, -0.2) is 0 Å². The van der Waals surface area contributed by atoms with E-state index in [1.54, 1.807) is 0 Å². The molecule has 2 saturated carbocycles. The molecule has 2 fully saturated rings. The van der Waals surface area contributed by atoms with E-state index >= 15 is 0 Å². The molecule has 2 aromatic carbocycles. The third kappa shape index (κ3) is 2.76. The summed E-state index contributed by atoms with van der Waals surface area (Å²) in [5.41, 5.74) is 2.17. The zero-order valence-corrected chi connectivity index (χ0v) is 18.3. The van der Waals surface area contributed by atoms with Crippen LogP contribution in [0.3, 0.4) is 0 Å². The van der Waals surface area contributed by atoms with Gasteiger partial charge in [-0.15, -0.1) is 0 Å². The number of hydrogen-bond donors (Lipinski definition) is 0. The van der Waals surface area contributed by atoms with E-state index in [0.717, 1.165) is 6.42 Å². The standard InChI is InChI=1S/C25H32OSi/c1-24-16-20(17-27(3,4)5)25(2,23(24)26)22(19-14-10-7-11-15-19)21(24)18-12-8-6-9-13-18/h6-15,20-22H,16-17H2,1-5H3/t20-,21-,22-,24-,25+/m1/s1. The molecule has 0 unspecified atom stereocenters. The summed E-state index contributed by atoms with van der Waals surface area (Å²) in [6.45, 7) is 11.9. The fourth-order valence-electron chi connectivity index (χ4n) is 6.44. The molecule has 142 valence electrons. The molecule has 0 amide bonds. The smallest absolute Gasteiger partial charge is 0.146 e. The highest BCUT2D eigenvalue weighted by molar-refractivity contribution is 6.76. The molecule has 4 rings (SSSR count). The summed E-state index contributed by atoms with van der Waals surface area (Å²) in [7, 11) is -1.25. The summed E-state index contributed by atoms with van der Waals surface area (Å²) >= 11 is 0. The first-order valence-corrected chi connectivity index (χ1v) is 14.0. The zero-order chi connectivity index (χ0) is 19.4. The van der Waals surface area contributed by atoms with Crippen LogP contribution in [-0.2, 0) is 4.79 Å². The van der Waals surface area contributed by atoms with Gasteiger partial charge in [0.05, 0.1) is 0 Å². The number of carbonyl (C=O) groups is 1. The SMILES string of the molecule is C[C@]12C(=O)[C@](C)(C[C@@H]1C[Si](C)(C)C)[C@H](c1ccccc1)[C@H]2c1ccccc1. The van der Waals surface area contributed by atoms with Gasteiger partial charge in [-0.2, -0.15) is 0 Å². The Morgan fingerprint density at radius 2 is 1.33 bits per heavy atom. The topological polar surface area (TPSA) is 17.1 Å². The quantitative estimate of drug-likeness (QED) is 0.556. The van der Waals surface area contributed by atoms with Crippen LogP contribution in [-0.4, -0.2) is 13.9 Å². The molecule has 2 bridgehead atoms. The summed E-state index contributed by atoms with van der Waals surface area (Å²) in [6, 6.07) is 22.9. The van der Waals surface area contributed by atoms with E-state index in [4.69, 9.17) is 0 Å². The van der Waals surface area contributed by atoms with Gasteiger partial charge in [0.25, 0.3) is 0 Å². The van der Waals surface area contributed by atoms with Gasteiger partial charge in [-0.05, 0) is 23.5 Å². The number of benzene rings is 2. The van der Waals surface area contributed by atoms with Crippen molar-refractivity contribution in [2.75, 3.05) is 0 Å².